The Morgan fingerprint density at radius 1 is 1.22 bits per heavy atom. The first-order valence-electron chi connectivity index (χ1n) is 2.72. The van der Waals surface area contributed by atoms with Crippen LogP contribution in [0.5, 0.6) is 5.75 Å². The first-order chi connectivity index (χ1) is 4.72. The fourth-order valence-electron chi connectivity index (χ4n) is 0.529. The molecule has 0 aliphatic heterocycles. The first-order valence-corrected chi connectivity index (χ1v) is 3.07. The number of hydrogen-bond acceptors (Lipinski definition) is 1. The highest BCUT2D eigenvalue weighted by Gasteiger charge is 1.93. The molecule has 0 aliphatic carbocycles. The summed E-state index contributed by atoms with van der Waals surface area (Å²) in [6, 6.07) is 4.60. The van der Waals surface area contributed by atoms with Crippen molar-refractivity contribution in [2.24, 2.45) is 0 Å². The Bertz CT molecular complexity index is 219. The Hall–Kier alpha value is -0.400. The molecule has 0 spiro atoms. The second-order valence-corrected chi connectivity index (χ2v) is 2.48. The van der Waals surface area contributed by atoms with E-state index < -0.39 is 0 Å². The molecule has 0 fully saturated rings. The summed E-state index contributed by atoms with van der Waals surface area (Å²) in [7, 11) is 0. The van der Waals surface area contributed by atoms with Crippen molar-refractivity contribution in [3.8, 4) is 5.75 Å². The second kappa shape index (κ2) is 2.46. The van der Waals surface area contributed by atoms with Crippen molar-refractivity contribution < 1.29 is 5.11 Å². The van der Waals surface area contributed by atoms with Gasteiger partial charge in [0.05, 0.1) is 0 Å². The minimum Gasteiger partial charge on any atom is -0.508 e. The highest BCUT2D eigenvalue weighted by atomic mass is 35.5. The summed E-state index contributed by atoms with van der Waals surface area (Å²) >= 11 is 11.2. The summed E-state index contributed by atoms with van der Waals surface area (Å²) < 4.78 is 6.52. The van der Waals surface area contributed by atoms with Gasteiger partial charge in [0, 0.05) is 10.0 Å². The molecule has 0 radical (unpaired) electrons. The van der Waals surface area contributed by atoms with Crippen molar-refractivity contribution in [1.82, 2.24) is 0 Å². The lowest BCUT2D eigenvalue weighted by atomic mass is 10.3. The Labute approximate surface area is 64.3 Å². The number of hydrogen-bond donors (Lipinski definition) is 1. The van der Waals surface area contributed by atoms with E-state index >= 15 is 0 Å². The lowest BCUT2D eigenvalue weighted by molar-refractivity contribution is 0.475. The lowest BCUT2D eigenvalue weighted by Crippen LogP contribution is -1.65. The van der Waals surface area contributed by atoms with Gasteiger partial charge in [0.25, 0.3) is 1.43 Å². The van der Waals surface area contributed by atoms with Crippen LogP contribution in [0.4, 0.5) is 0 Å². The molecule has 1 N–H and O–H groups in total. The highest BCUT2D eigenvalue weighted by molar-refractivity contribution is 6.34. The van der Waals surface area contributed by atoms with Crippen LogP contribution in [0.1, 0.15) is 0 Å². The van der Waals surface area contributed by atoms with Crippen LogP contribution < -0.4 is 0 Å². The van der Waals surface area contributed by atoms with Gasteiger partial charge >= 0.3 is 0 Å². The summed E-state index contributed by atoms with van der Waals surface area (Å²) in [4.78, 5) is 0. The van der Waals surface area contributed by atoms with E-state index in [1.807, 2.05) is 0 Å². The van der Waals surface area contributed by atoms with Crippen molar-refractivity contribution in [2.45, 2.75) is 0 Å². The molecule has 0 amide bonds. The van der Waals surface area contributed by atoms with Gasteiger partial charge in [-0.25, -0.2) is 0 Å². The number of halogens is 2. The molecule has 1 nitrogen and oxygen atoms in total. The SMILES string of the molecule is [2H]Oc1cc(Cl)cc(Cl)c1. The van der Waals surface area contributed by atoms with E-state index in [9.17, 15) is 0 Å². The zero-order valence-corrected chi connectivity index (χ0v) is 5.91. The topological polar surface area (TPSA) is 20.2 Å². The third kappa shape index (κ3) is 1.77. The molecule has 0 saturated carbocycles. The number of phenolic OH excluding ortho intramolecular Hbond substituents is 1. The Balaban J connectivity index is 3.06. The Morgan fingerprint density at radius 2 is 1.78 bits per heavy atom. The molecule has 0 aliphatic rings. The molecule has 0 heterocycles. The van der Waals surface area contributed by atoms with Gasteiger partial charge in [0.1, 0.15) is 5.75 Å². The molecule has 0 unspecified atom stereocenters. The van der Waals surface area contributed by atoms with Gasteiger partial charge in [0.2, 0.25) is 0 Å². The van der Waals surface area contributed by atoms with Crippen molar-refractivity contribution in [3.63, 3.8) is 0 Å². The molecule has 48 valence electrons. The van der Waals surface area contributed by atoms with Crippen LogP contribution in [0.25, 0.3) is 0 Å². The van der Waals surface area contributed by atoms with E-state index in [-0.39, 0.29) is 0 Å². The van der Waals surface area contributed by atoms with Crippen molar-refractivity contribution in [3.05, 3.63) is 28.2 Å². The summed E-state index contributed by atoms with van der Waals surface area (Å²) in [5.74, 6) is 0.345. The predicted molar refractivity (Wildman–Crippen MR) is 38.1 cm³/mol. The molecule has 1 aromatic rings. The summed E-state index contributed by atoms with van der Waals surface area (Å²) in [6.07, 6.45) is 0. The van der Waals surface area contributed by atoms with Crippen LogP contribution >= 0.6 is 23.2 Å². The third-order valence-corrected chi connectivity index (χ3v) is 1.27. The normalized spacial score (nSPS) is 10.7. The third-order valence-electron chi connectivity index (χ3n) is 0.836. The van der Waals surface area contributed by atoms with Crippen molar-refractivity contribution in [1.29, 1.82) is 1.43 Å². The molecule has 0 saturated heterocycles. The van der Waals surface area contributed by atoms with Gasteiger partial charge in [-0.2, -0.15) is 0 Å². The molecule has 1 rings (SSSR count). The van der Waals surface area contributed by atoms with Gasteiger partial charge in [-0.05, 0) is 18.2 Å². The van der Waals surface area contributed by atoms with E-state index in [1.54, 1.807) is 6.07 Å². The minimum absolute atomic E-state index is 0.345. The quantitative estimate of drug-likeness (QED) is 0.676. The van der Waals surface area contributed by atoms with Crippen LogP contribution in [-0.2, 0) is 0 Å². The number of aromatic hydroxyl groups is 1. The minimum atomic E-state index is 0.345. The van der Waals surface area contributed by atoms with Gasteiger partial charge in [0.15, 0.2) is 0 Å². The maximum atomic E-state index is 6.52. The molecule has 9 heavy (non-hydrogen) atoms. The summed E-state index contributed by atoms with van der Waals surface area (Å²) in [5.41, 5.74) is 0. The van der Waals surface area contributed by atoms with Crippen molar-refractivity contribution in [2.75, 3.05) is 0 Å². The molecular weight excluding hydrogens is 159 g/mol. The average molecular weight is 164 g/mol. The monoisotopic (exact) mass is 163 g/mol. The van der Waals surface area contributed by atoms with Crippen LogP contribution in [0, 0.1) is 0 Å². The summed E-state index contributed by atoms with van der Waals surface area (Å²) in [6.45, 7) is 0. The fourth-order valence-corrected chi connectivity index (χ4v) is 1.03. The maximum absolute atomic E-state index is 6.52. The largest absolute Gasteiger partial charge is 0.508 e. The first kappa shape index (κ1) is 5.39. The van der Waals surface area contributed by atoms with E-state index in [0.717, 1.165) is 0 Å². The smallest absolute Gasteiger partial charge is 0.293 e. The van der Waals surface area contributed by atoms with Crippen LogP contribution in [0.3, 0.4) is 0 Å². The molecular formula is C6H4Cl2O. The van der Waals surface area contributed by atoms with E-state index in [4.69, 9.17) is 24.6 Å². The number of benzene rings is 1. The number of phenols is 1. The number of rotatable bonds is 1. The molecule has 1 aromatic carbocycles. The van der Waals surface area contributed by atoms with Gasteiger partial charge in [-0.1, -0.05) is 23.2 Å². The van der Waals surface area contributed by atoms with E-state index in [1.165, 1.54) is 12.1 Å². The van der Waals surface area contributed by atoms with E-state index in [0.29, 0.717) is 15.8 Å². The fraction of sp³-hybridized carbons (Fsp3) is 0. The van der Waals surface area contributed by atoms with Crippen molar-refractivity contribution >= 4 is 23.2 Å². The zero-order chi connectivity index (χ0) is 7.56. The van der Waals surface area contributed by atoms with Crippen LogP contribution in [0.2, 0.25) is 10.0 Å². The molecule has 0 aromatic heterocycles. The van der Waals surface area contributed by atoms with Gasteiger partial charge in [-0.15, -0.1) is 0 Å². The van der Waals surface area contributed by atoms with Gasteiger partial charge in [-0.3, -0.25) is 0 Å². The average Bonchev–Trinajstić information content (AvgIpc) is 1.85. The van der Waals surface area contributed by atoms with E-state index in [2.05, 4.69) is 5.11 Å². The zero-order valence-electron chi connectivity index (χ0n) is 5.40. The van der Waals surface area contributed by atoms with Crippen LogP contribution in [-0.4, -0.2) is 6.54 Å². The highest BCUT2D eigenvalue weighted by Crippen LogP contribution is 2.22. The maximum Gasteiger partial charge on any atom is 0.293 e. The molecule has 0 atom stereocenters. The Morgan fingerprint density at radius 3 is 2.22 bits per heavy atom. The Kier molecular flexibility index (Phi) is 1.47. The lowest BCUT2D eigenvalue weighted by Gasteiger charge is -1.92. The molecule has 3 heteroatoms. The summed E-state index contributed by atoms with van der Waals surface area (Å²) in [5, 5.41) is 5.09. The van der Waals surface area contributed by atoms with Gasteiger partial charge < -0.3 is 5.11 Å². The standard InChI is InChI=1S/C6H4Cl2O/c7-4-1-5(8)3-6(9)2-4/h1-3,9H/i/hD. The van der Waals surface area contributed by atoms with Crippen LogP contribution in [0.15, 0.2) is 18.2 Å². The second-order valence-electron chi connectivity index (χ2n) is 1.61. The predicted octanol–water partition coefficient (Wildman–Crippen LogP) is 2.70. The molecule has 0 bridgehead atoms.